The van der Waals surface area contributed by atoms with E-state index in [0.717, 1.165) is 0 Å². The summed E-state index contributed by atoms with van der Waals surface area (Å²) in [5, 5.41) is 7.32. The monoisotopic (exact) mass is 708 g/mol. The van der Waals surface area contributed by atoms with Gasteiger partial charge in [0.25, 0.3) is 0 Å². The molecule has 0 unspecified atom stereocenters. The Balaban J connectivity index is 0.000000743. The van der Waals surface area contributed by atoms with E-state index in [9.17, 15) is 0 Å². The predicted molar refractivity (Wildman–Crippen MR) is 153 cm³/mol. The summed E-state index contributed by atoms with van der Waals surface area (Å²) in [6.07, 6.45) is 14.1. The first-order valence-corrected chi connectivity index (χ1v) is 14.9. The summed E-state index contributed by atoms with van der Waals surface area (Å²) < 4.78 is 0. The van der Waals surface area contributed by atoms with Gasteiger partial charge in [-0.2, -0.15) is 18.2 Å². The van der Waals surface area contributed by atoms with Crippen LogP contribution in [0.1, 0.15) is 76.3 Å². The Bertz CT molecular complexity index is 1020. The zero-order chi connectivity index (χ0) is 23.5. The molecule has 0 saturated carbocycles. The molecule has 4 rings (SSSR count). The van der Waals surface area contributed by atoms with Crippen molar-refractivity contribution in [2.24, 2.45) is 0 Å². The van der Waals surface area contributed by atoms with Gasteiger partial charge < -0.3 is 24.8 Å². The van der Waals surface area contributed by atoms with Crippen molar-refractivity contribution in [1.82, 2.24) is 0 Å². The fourth-order valence-corrected chi connectivity index (χ4v) is 7.28. The van der Waals surface area contributed by atoms with Crippen molar-refractivity contribution in [2.75, 3.05) is 12.3 Å². The fourth-order valence-electron chi connectivity index (χ4n) is 4.68. The maximum absolute atomic E-state index is 2.47. The number of fused-ring (bicyclic) bond motifs is 2. The first-order valence-electron chi connectivity index (χ1n) is 13.2. The van der Waals surface area contributed by atoms with Crippen molar-refractivity contribution in [1.29, 1.82) is 0 Å². The van der Waals surface area contributed by atoms with Gasteiger partial charge in [-0.05, 0) is 32.1 Å². The molecule has 0 aliphatic rings. The van der Waals surface area contributed by atoms with Crippen LogP contribution in [0.25, 0.3) is 21.5 Å². The van der Waals surface area contributed by atoms with E-state index in [2.05, 4.69) is 94.4 Å². The number of halogens is 2. The number of benzene rings is 2. The van der Waals surface area contributed by atoms with E-state index in [-0.39, 0.29) is 58.6 Å². The van der Waals surface area contributed by atoms with E-state index in [1.807, 2.05) is 0 Å². The molecule has 0 bridgehead atoms. The Kier molecular flexibility index (Phi) is 19.3. The van der Waals surface area contributed by atoms with Crippen molar-refractivity contribution in [3.8, 4) is 0 Å². The van der Waals surface area contributed by atoms with E-state index < -0.39 is 0 Å². The van der Waals surface area contributed by atoms with Crippen molar-refractivity contribution < 1.29 is 50.7 Å². The third-order valence-corrected chi connectivity index (χ3v) is 9.48. The average molecular weight is 708 g/mol. The van der Waals surface area contributed by atoms with Gasteiger partial charge in [-0.25, -0.2) is 0 Å². The third kappa shape index (κ3) is 10.7. The summed E-state index contributed by atoms with van der Waals surface area (Å²) in [5.41, 5.74) is 2.74. The molecule has 4 aromatic carbocycles. The minimum absolute atomic E-state index is 0. The molecule has 4 heteroatoms. The normalized spacial score (nSPS) is 10.4. The van der Waals surface area contributed by atoms with Crippen LogP contribution in [0.2, 0.25) is 0 Å². The maximum atomic E-state index is 2.47. The Morgan fingerprint density at radius 3 is 1.92 bits per heavy atom. The molecule has 0 atom stereocenters. The smallest absolute Gasteiger partial charge is 1.00 e. The molecule has 0 aliphatic heterocycles. The van der Waals surface area contributed by atoms with Gasteiger partial charge in [0.05, 0.1) is 0 Å². The van der Waals surface area contributed by atoms with E-state index in [1.165, 1.54) is 96.4 Å². The maximum Gasteiger partial charge on any atom is 4.00 e. The second-order valence-electron chi connectivity index (χ2n) is 9.50. The van der Waals surface area contributed by atoms with Crippen molar-refractivity contribution in [3.63, 3.8) is 0 Å². The van der Waals surface area contributed by atoms with Gasteiger partial charge in [0.15, 0.2) is 0 Å². The second kappa shape index (κ2) is 19.6. The molecule has 0 aliphatic carbocycles. The largest absolute Gasteiger partial charge is 4.00 e. The second-order valence-corrected chi connectivity index (χ2v) is 12.0. The molecule has 0 amide bonds. The molecule has 0 spiro atoms. The van der Waals surface area contributed by atoms with Crippen molar-refractivity contribution in [3.05, 3.63) is 77.9 Å². The summed E-state index contributed by atoms with van der Waals surface area (Å²) in [6, 6.07) is 24.6. The number of aryl methyl sites for hydroxylation is 2. The van der Waals surface area contributed by atoms with E-state index >= 15 is 0 Å². The molecule has 36 heavy (non-hydrogen) atoms. The summed E-state index contributed by atoms with van der Waals surface area (Å²) in [7, 11) is 0.0642. The number of rotatable bonds is 11. The summed E-state index contributed by atoms with van der Waals surface area (Å²) in [5.74, 6) is 0. The molecular formula is C32H43Cl2HfP. The van der Waals surface area contributed by atoms with Crippen LogP contribution in [0.3, 0.4) is 0 Å². The molecule has 0 N–H and O–H groups in total. The van der Waals surface area contributed by atoms with Crippen LogP contribution in [-0.4, -0.2) is 12.3 Å². The van der Waals surface area contributed by atoms with Gasteiger partial charge in [-0.1, -0.05) is 84.9 Å². The van der Waals surface area contributed by atoms with Gasteiger partial charge in [0.1, 0.15) is 0 Å². The van der Waals surface area contributed by atoms with Crippen LogP contribution in [-0.2, 0) is 25.8 Å². The minimum atomic E-state index is 0. The SMILES string of the molecule is CCCCCCP(CCCCCC)c1cc2ccccc2[cH-]1.Cc1ccc(C)c2[cH-]ccc12.[Cl-].[Cl-].[Hf+4]. The first-order chi connectivity index (χ1) is 16.1. The van der Waals surface area contributed by atoms with Crippen molar-refractivity contribution >= 4 is 34.8 Å². The number of unbranched alkanes of at least 4 members (excludes halogenated alkanes) is 6. The van der Waals surface area contributed by atoms with E-state index in [4.69, 9.17) is 0 Å². The predicted octanol–water partition coefficient (Wildman–Crippen LogP) is 4.01. The van der Waals surface area contributed by atoms with Gasteiger partial charge >= 0.3 is 25.8 Å². The van der Waals surface area contributed by atoms with Crippen LogP contribution in [0, 0.1) is 13.8 Å². The standard InChI is InChI=1S/C21H32P.C11H11.2ClH.Hf/c1-3-5-7-11-15-22(16-12-8-6-4-2)21-17-19-13-9-10-14-20(19)18-21;1-8-6-7-9(2)11-5-3-4-10(8)11;;;/h9-10,13-14,17-18H,3-8,11-12,15-16H2,1-2H3;3-7H,1-2H3;2*1H;/q2*-1;;;+4/p-2. The number of hydrogen-bond acceptors (Lipinski definition) is 0. The molecule has 0 radical (unpaired) electrons. The molecular weight excluding hydrogens is 665 g/mol. The van der Waals surface area contributed by atoms with Gasteiger partial charge in [-0.15, -0.1) is 68.8 Å². The topological polar surface area (TPSA) is 0 Å². The Morgan fingerprint density at radius 2 is 1.33 bits per heavy atom. The molecule has 0 heterocycles. The van der Waals surface area contributed by atoms with Crippen LogP contribution in [0.5, 0.6) is 0 Å². The van der Waals surface area contributed by atoms with Crippen LogP contribution < -0.4 is 30.1 Å². The van der Waals surface area contributed by atoms with E-state index in [1.54, 1.807) is 5.30 Å². The molecule has 194 valence electrons. The van der Waals surface area contributed by atoms with Gasteiger partial charge in [0, 0.05) is 0 Å². The molecule has 0 aromatic heterocycles. The molecule has 0 fully saturated rings. The zero-order valence-electron chi connectivity index (χ0n) is 22.6. The average Bonchev–Trinajstić information content (AvgIpc) is 3.49. The fraction of sp³-hybridized carbons (Fsp3) is 0.438. The molecule has 0 nitrogen and oxygen atoms in total. The Labute approximate surface area is 253 Å². The molecule has 4 aromatic rings. The van der Waals surface area contributed by atoms with E-state index in [0.29, 0.717) is 0 Å². The Morgan fingerprint density at radius 1 is 0.722 bits per heavy atom. The zero-order valence-corrected chi connectivity index (χ0v) is 28.6. The quantitative estimate of drug-likeness (QED) is 0.0958. The number of hydrogen-bond donors (Lipinski definition) is 0. The minimum Gasteiger partial charge on any atom is -1.00 e. The van der Waals surface area contributed by atoms with Crippen LogP contribution in [0.4, 0.5) is 0 Å². The van der Waals surface area contributed by atoms with Crippen molar-refractivity contribution in [2.45, 2.75) is 79.1 Å². The first kappa shape index (κ1) is 35.5. The van der Waals surface area contributed by atoms with Crippen LogP contribution >= 0.6 is 7.92 Å². The summed E-state index contributed by atoms with van der Waals surface area (Å²) in [4.78, 5) is 0. The summed E-state index contributed by atoms with van der Waals surface area (Å²) in [6.45, 7) is 8.92. The summed E-state index contributed by atoms with van der Waals surface area (Å²) >= 11 is 0. The van der Waals surface area contributed by atoms with Gasteiger partial charge in [-0.3, -0.25) is 0 Å². The van der Waals surface area contributed by atoms with Gasteiger partial charge in [0.2, 0.25) is 0 Å². The van der Waals surface area contributed by atoms with Crippen LogP contribution in [0.15, 0.2) is 66.7 Å². The molecule has 0 saturated heterocycles. The third-order valence-electron chi connectivity index (χ3n) is 6.78. The Hall–Kier alpha value is -0.460.